The van der Waals surface area contributed by atoms with Crippen molar-refractivity contribution in [1.82, 2.24) is 5.32 Å². The van der Waals surface area contributed by atoms with E-state index in [9.17, 15) is 13.2 Å². The van der Waals surface area contributed by atoms with Crippen molar-refractivity contribution in [1.29, 1.82) is 0 Å². The maximum Gasteiger partial charge on any atom is 0.389 e. The summed E-state index contributed by atoms with van der Waals surface area (Å²) in [5, 5.41) is 3.60. The minimum absolute atomic E-state index is 0.0193. The van der Waals surface area contributed by atoms with Crippen molar-refractivity contribution < 1.29 is 13.2 Å². The van der Waals surface area contributed by atoms with Crippen LogP contribution >= 0.6 is 27.5 Å². The van der Waals surface area contributed by atoms with Gasteiger partial charge in [0.2, 0.25) is 0 Å². The molecule has 0 saturated carbocycles. The Morgan fingerprint density at radius 1 is 1.39 bits per heavy atom. The van der Waals surface area contributed by atoms with Gasteiger partial charge in [-0.3, -0.25) is 0 Å². The topological polar surface area (TPSA) is 12.0 Å². The van der Waals surface area contributed by atoms with Crippen molar-refractivity contribution in [2.75, 3.05) is 6.54 Å². The summed E-state index contributed by atoms with van der Waals surface area (Å²) in [6.45, 7) is 2.48. The molecule has 1 N–H and O–H groups in total. The summed E-state index contributed by atoms with van der Waals surface area (Å²) >= 11 is 9.14. The Balaban J connectivity index is 2.80. The van der Waals surface area contributed by atoms with Gasteiger partial charge in [-0.25, -0.2) is 0 Å². The van der Waals surface area contributed by atoms with Crippen molar-refractivity contribution in [3.8, 4) is 0 Å². The molecular weight excluding hydrogens is 330 g/mol. The Bertz CT molecular complexity index is 395. The second kappa shape index (κ2) is 6.78. The van der Waals surface area contributed by atoms with Crippen LogP contribution in [-0.4, -0.2) is 12.7 Å². The molecule has 0 aliphatic carbocycles. The number of rotatable bonds is 5. The van der Waals surface area contributed by atoms with E-state index in [1.807, 2.05) is 6.92 Å². The van der Waals surface area contributed by atoms with E-state index in [0.717, 1.165) is 5.56 Å². The fourth-order valence-corrected chi connectivity index (χ4v) is 2.18. The fourth-order valence-electron chi connectivity index (χ4n) is 1.67. The molecule has 0 aliphatic heterocycles. The molecule has 6 heteroatoms. The van der Waals surface area contributed by atoms with Crippen LogP contribution in [0.25, 0.3) is 0 Å². The van der Waals surface area contributed by atoms with Gasteiger partial charge in [0.05, 0.1) is 5.02 Å². The molecule has 1 unspecified atom stereocenters. The lowest BCUT2D eigenvalue weighted by molar-refractivity contribution is -0.136. The van der Waals surface area contributed by atoms with Gasteiger partial charge in [-0.2, -0.15) is 13.2 Å². The summed E-state index contributed by atoms with van der Waals surface area (Å²) in [5.74, 6) is 0. The van der Waals surface area contributed by atoms with Gasteiger partial charge >= 0.3 is 6.18 Å². The lowest BCUT2D eigenvalue weighted by atomic mass is 10.0. The minimum atomic E-state index is -4.13. The first-order chi connectivity index (χ1) is 8.33. The summed E-state index contributed by atoms with van der Waals surface area (Å²) in [5.41, 5.74) is 0.803. The van der Waals surface area contributed by atoms with Gasteiger partial charge < -0.3 is 5.32 Å². The number of alkyl halides is 3. The van der Waals surface area contributed by atoms with Gasteiger partial charge in [0.15, 0.2) is 0 Å². The fraction of sp³-hybridized carbons (Fsp3) is 0.500. The molecule has 1 atom stereocenters. The predicted octanol–water partition coefficient (Wildman–Crippen LogP) is 5.10. The van der Waals surface area contributed by atoms with Crippen LogP contribution in [0, 0.1) is 0 Å². The van der Waals surface area contributed by atoms with Crippen LogP contribution in [0.4, 0.5) is 13.2 Å². The Morgan fingerprint density at radius 2 is 2.06 bits per heavy atom. The second-order valence-corrected chi connectivity index (χ2v) is 5.20. The first kappa shape index (κ1) is 15.8. The first-order valence-electron chi connectivity index (χ1n) is 5.58. The number of halogens is 5. The monoisotopic (exact) mass is 343 g/mol. The lowest BCUT2D eigenvalue weighted by Gasteiger charge is -2.19. The Kier molecular flexibility index (Phi) is 5.95. The van der Waals surface area contributed by atoms with Crippen LogP contribution in [-0.2, 0) is 0 Å². The zero-order valence-corrected chi connectivity index (χ0v) is 12.2. The third kappa shape index (κ3) is 5.16. The summed E-state index contributed by atoms with van der Waals surface area (Å²) < 4.78 is 37.5. The third-order valence-electron chi connectivity index (χ3n) is 2.51. The molecule has 0 fully saturated rings. The molecule has 0 amide bonds. The van der Waals surface area contributed by atoms with Crippen LogP contribution in [0.1, 0.15) is 31.4 Å². The van der Waals surface area contributed by atoms with E-state index in [1.54, 1.807) is 18.2 Å². The zero-order chi connectivity index (χ0) is 13.8. The van der Waals surface area contributed by atoms with Crippen LogP contribution < -0.4 is 5.32 Å². The molecule has 0 saturated heterocycles. The Morgan fingerprint density at radius 3 is 2.56 bits per heavy atom. The van der Waals surface area contributed by atoms with E-state index in [-0.39, 0.29) is 12.5 Å². The van der Waals surface area contributed by atoms with Crippen molar-refractivity contribution in [3.05, 3.63) is 33.3 Å². The van der Waals surface area contributed by atoms with Gasteiger partial charge in [0.1, 0.15) is 0 Å². The molecule has 1 nitrogen and oxygen atoms in total. The number of hydrogen-bond acceptors (Lipinski definition) is 1. The van der Waals surface area contributed by atoms with E-state index >= 15 is 0 Å². The van der Waals surface area contributed by atoms with Crippen LogP contribution in [0.5, 0.6) is 0 Å². The maximum absolute atomic E-state index is 12.3. The highest BCUT2D eigenvalue weighted by Crippen LogP contribution is 2.31. The Hall–Kier alpha value is -0.260. The van der Waals surface area contributed by atoms with E-state index in [1.165, 1.54) is 0 Å². The number of hydrogen-bond donors (Lipinski definition) is 1. The molecule has 0 spiro atoms. The normalized spacial score (nSPS) is 13.7. The van der Waals surface area contributed by atoms with Crippen LogP contribution in [0.15, 0.2) is 22.7 Å². The highest BCUT2D eigenvalue weighted by atomic mass is 79.9. The predicted molar refractivity (Wildman–Crippen MR) is 70.9 cm³/mol. The molecule has 0 aliphatic rings. The molecule has 102 valence electrons. The third-order valence-corrected chi connectivity index (χ3v) is 3.73. The number of nitrogens with one attached hydrogen (secondary N) is 1. The number of benzene rings is 1. The van der Waals surface area contributed by atoms with Crippen molar-refractivity contribution in [2.45, 2.75) is 32.0 Å². The van der Waals surface area contributed by atoms with Crippen molar-refractivity contribution >= 4 is 27.5 Å². The highest BCUT2D eigenvalue weighted by molar-refractivity contribution is 9.10. The van der Waals surface area contributed by atoms with E-state index in [2.05, 4.69) is 21.2 Å². The largest absolute Gasteiger partial charge is 0.389 e. The first-order valence-corrected chi connectivity index (χ1v) is 6.75. The van der Waals surface area contributed by atoms with E-state index in [0.29, 0.717) is 16.0 Å². The molecule has 18 heavy (non-hydrogen) atoms. The van der Waals surface area contributed by atoms with Gasteiger partial charge in [0, 0.05) is 16.9 Å². The molecular formula is C12H14BrClF3N. The van der Waals surface area contributed by atoms with Crippen molar-refractivity contribution in [3.63, 3.8) is 0 Å². The van der Waals surface area contributed by atoms with Crippen LogP contribution in [0.3, 0.4) is 0 Å². The van der Waals surface area contributed by atoms with Gasteiger partial charge in [-0.1, -0.05) is 24.6 Å². The second-order valence-electron chi connectivity index (χ2n) is 3.94. The summed E-state index contributed by atoms with van der Waals surface area (Å²) in [4.78, 5) is 0. The van der Waals surface area contributed by atoms with E-state index < -0.39 is 12.6 Å². The molecule has 0 aromatic heterocycles. The zero-order valence-electron chi connectivity index (χ0n) is 9.82. The lowest BCUT2D eigenvalue weighted by Crippen LogP contribution is -2.23. The molecule has 1 aromatic carbocycles. The molecule has 1 aromatic rings. The van der Waals surface area contributed by atoms with Gasteiger partial charge in [-0.15, -0.1) is 0 Å². The summed E-state index contributed by atoms with van der Waals surface area (Å²) in [6, 6.07) is 4.87. The van der Waals surface area contributed by atoms with Crippen molar-refractivity contribution in [2.24, 2.45) is 0 Å². The van der Waals surface area contributed by atoms with E-state index in [4.69, 9.17) is 11.6 Å². The smallest absolute Gasteiger partial charge is 0.310 e. The van der Waals surface area contributed by atoms with Gasteiger partial charge in [0.25, 0.3) is 0 Å². The highest BCUT2D eigenvalue weighted by Gasteiger charge is 2.28. The summed E-state index contributed by atoms with van der Waals surface area (Å²) in [6.07, 6.45) is -4.91. The van der Waals surface area contributed by atoms with Gasteiger partial charge in [-0.05, 0) is 46.6 Å². The average Bonchev–Trinajstić information content (AvgIpc) is 2.27. The molecule has 1 rings (SSSR count). The Labute approximate surface area is 118 Å². The molecule has 0 bridgehead atoms. The van der Waals surface area contributed by atoms with Crippen LogP contribution in [0.2, 0.25) is 5.02 Å². The minimum Gasteiger partial charge on any atom is -0.310 e. The summed E-state index contributed by atoms with van der Waals surface area (Å²) in [7, 11) is 0. The molecule has 0 heterocycles. The molecule has 0 radical (unpaired) electrons. The SMILES string of the molecule is CCNC(CCC(F)(F)F)c1ccc(Cl)c(Br)c1. The average molecular weight is 345 g/mol. The quantitative estimate of drug-likeness (QED) is 0.784. The maximum atomic E-state index is 12.3. The standard InChI is InChI=1S/C12H14BrClF3N/c1-2-18-11(5-6-12(15,16)17)8-3-4-10(14)9(13)7-8/h3-4,7,11,18H,2,5-6H2,1H3.